The maximum atomic E-state index is 12.4. The zero-order valence-corrected chi connectivity index (χ0v) is 15.1. The van der Waals surface area contributed by atoms with Gasteiger partial charge in [-0.2, -0.15) is 0 Å². The standard InChI is InChI=1S/C20H28N2O3/c1-25-20(24)9-4-8-19(23)22-11-5-10-21(12-13-22)18-14-16-6-2-3-7-17(16)15-18/h2-3,6-7,18H,4-5,8-15H2,1H3. The Morgan fingerprint density at radius 3 is 2.44 bits per heavy atom. The van der Waals surface area contributed by atoms with E-state index in [9.17, 15) is 9.59 Å². The van der Waals surface area contributed by atoms with Crippen LogP contribution >= 0.6 is 0 Å². The van der Waals surface area contributed by atoms with Crippen molar-refractivity contribution in [1.29, 1.82) is 0 Å². The first kappa shape index (κ1) is 17.9. The number of amides is 1. The maximum absolute atomic E-state index is 12.4. The Kier molecular flexibility index (Phi) is 6.08. The van der Waals surface area contributed by atoms with Gasteiger partial charge in [0, 0.05) is 45.1 Å². The van der Waals surface area contributed by atoms with Gasteiger partial charge in [-0.15, -0.1) is 0 Å². The molecule has 2 aliphatic rings. The van der Waals surface area contributed by atoms with E-state index < -0.39 is 0 Å². The fourth-order valence-corrected chi connectivity index (χ4v) is 3.99. The molecule has 0 bridgehead atoms. The monoisotopic (exact) mass is 344 g/mol. The molecule has 1 heterocycles. The Morgan fingerprint density at radius 1 is 1.04 bits per heavy atom. The number of esters is 1. The van der Waals surface area contributed by atoms with Crippen molar-refractivity contribution in [1.82, 2.24) is 9.80 Å². The number of hydrogen-bond acceptors (Lipinski definition) is 4. The van der Waals surface area contributed by atoms with Crippen LogP contribution in [-0.2, 0) is 27.2 Å². The van der Waals surface area contributed by atoms with Crippen LogP contribution in [0.5, 0.6) is 0 Å². The summed E-state index contributed by atoms with van der Waals surface area (Å²) >= 11 is 0. The molecule has 1 aliphatic carbocycles. The molecule has 0 radical (unpaired) electrons. The van der Waals surface area contributed by atoms with E-state index in [0.717, 1.165) is 45.4 Å². The van der Waals surface area contributed by atoms with Crippen molar-refractivity contribution in [3.8, 4) is 0 Å². The second-order valence-electron chi connectivity index (χ2n) is 7.03. The van der Waals surface area contributed by atoms with Gasteiger partial charge in [0.2, 0.25) is 5.91 Å². The number of ether oxygens (including phenoxy) is 1. The molecule has 5 heteroatoms. The second kappa shape index (κ2) is 8.48. The predicted molar refractivity (Wildman–Crippen MR) is 96.3 cm³/mol. The zero-order chi connectivity index (χ0) is 17.6. The summed E-state index contributed by atoms with van der Waals surface area (Å²) in [5.41, 5.74) is 2.96. The van der Waals surface area contributed by atoms with Gasteiger partial charge in [0.15, 0.2) is 0 Å². The summed E-state index contributed by atoms with van der Waals surface area (Å²) in [5, 5.41) is 0. The first-order valence-corrected chi connectivity index (χ1v) is 9.33. The number of methoxy groups -OCH3 is 1. The van der Waals surface area contributed by atoms with Crippen molar-refractivity contribution in [2.45, 2.75) is 44.6 Å². The molecule has 1 aromatic rings. The van der Waals surface area contributed by atoms with Crippen LogP contribution in [0.4, 0.5) is 0 Å². The summed E-state index contributed by atoms with van der Waals surface area (Å²) in [6.07, 6.45) is 4.61. The molecule has 0 aromatic heterocycles. The molecule has 5 nitrogen and oxygen atoms in total. The largest absolute Gasteiger partial charge is 0.469 e. The number of fused-ring (bicyclic) bond motifs is 1. The Bertz CT molecular complexity index is 592. The molecular weight excluding hydrogens is 316 g/mol. The highest BCUT2D eigenvalue weighted by Crippen LogP contribution is 2.26. The lowest BCUT2D eigenvalue weighted by atomic mass is 10.1. The van der Waals surface area contributed by atoms with E-state index >= 15 is 0 Å². The maximum Gasteiger partial charge on any atom is 0.305 e. The summed E-state index contributed by atoms with van der Waals surface area (Å²) in [6.45, 7) is 3.63. The van der Waals surface area contributed by atoms with Crippen LogP contribution in [0.25, 0.3) is 0 Å². The fraction of sp³-hybridized carbons (Fsp3) is 0.600. The molecule has 0 spiro atoms. The third-order valence-electron chi connectivity index (χ3n) is 5.43. The van der Waals surface area contributed by atoms with Crippen molar-refractivity contribution in [3.63, 3.8) is 0 Å². The van der Waals surface area contributed by atoms with Gasteiger partial charge >= 0.3 is 5.97 Å². The van der Waals surface area contributed by atoms with Crippen LogP contribution < -0.4 is 0 Å². The van der Waals surface area contributed by atoms with Crippen molar-refractivity contribution in [3.05, 3.63) is 35.4 Å². The first-order chi connectivity index (χ1) is 12.2. The number of benzene rings is 1. The molecule has 0 saturated carbocycles. The van der Waals surface area contributed by atoms with E-state index in [1.165, 1.54) is 18.2 Å². The molecule has 0 unspecified atom stereocenters. The normalized spacial score (nSPS) is 18.7. The fourth-order valence-electron chi connectivity index (χ4n) is 3.99. The summed E-state index contributed by atoms with van der Waals surface area (Å²) in [4.78, 5) is 28.1. The Morgan fingerprint density at radius 2 is 1.76 bits per heavy atom. The van der Waals surface area contributed by atoms with Crippen LogP contribution in [-0.4, -0.2) is 61.0 Å². The van der Waals surface area contributed by atoms with Gasteiger partial charge in [0.25, 0.3) is 0 Å². The van der Waals surface area contributed by atoms with Crippen molar-refractivity contribution >= 4 is 11.9 Å². The lowest BCUT2D eigenvalue weighted by Gasteiger charge is -2.27. The highest BCUT2D eigenvalue weighted by Gasteiger charge is 2.28. The molecule has 1 amide bonds. The van der Waals surface area contributed by atoms with Gasteiger partial charge < -0.3 is 9.64 Å². The van der Waals surface area contributed by atoms with Crippen LogP contribution in [0, 0.1) is 0 Å². The highest BCUT2D eigenvalue weighted by atomic mass is 16.5. The summed E-state index contributed by atoms with van der Waals surface area (Å²) < 4.78 is 4.62. The van der Waals surface area contributed by atoms with Crippen molar-refractivity contribution in [2.24, 2.45) is 0 Å². The Hall–Kier alpha value is -1.88. The van der Waals surface area contributed by atoms with Gasteiger partial charge in [-0.25, -0.2) is 0 Å². The number of carbonyl (C=O) groups is 2. The van der Waals surface area contributed by atoms with E-state index in [1.807, 2.05) is 4.90 Å². The van der Waals surface area contributed by atoms with Crippen LogP contribution in [0.3, 0.4) is 0 Å². The molecule has 0 N–H and O–H groups in total. The summed E-state index contributed by atoms with van der Waals surface area (Å²) in [5.74, 6) is -0.0731. The molecular formula is C20H28N2O3. The lowest BCUT2D eigenvalue weighted by Crippen LogP contribution is -2.40. The number of rotatable bonds is 5. The third kappa shape index (κ3) is 4.60. The lowest BCUT2D eigenvalue weighted by molar-refractivity contribution is -0.140. The number of carbonyl (C=O) groups excluding carboxylic acids is 2. The average molecular weight is 344 g/mol. The average Bonchev–Trinajstić information content (AvgIpc) is 2.90. The van der Waals surface area contributed by atoms with E-state index in [2.05, 4.69) is 33.9 Å². The molecule has 136 valence electrons. The van der Waals surface area contributed by atoms with Crippen molar-refractivity contribution < 1.29 is 14.3 Å². The first-order valence-electron chi connectivity index (χ1n) is 9.33. The van der Waals surface area contributed by atoms with Gasteiger partial charge in [-0.05, 0) is 36.8 Å². The van der Waals surface area contributed by atoms with E-state index in [1.54, 1.807) is 0 Å². The topological polar surface area (TPSA) is 49.9 Å². The van der Waals surface area contributed by atoms with Crippen LogP contribution in [0.15, 0.2) is 24.3 Å². The summed E-state index contributed by atoms with van der Waals surface area (Å²) in [6, 6.07) is 9.30. The molecule has 1 aliphatic heterocycles. The van der Waals surface area contributed by atoms with E-state index in [0.29, 0.717) is 25.3 Å². The second-order valence-corrected chi connectivity index (χ2v) is 7.03. The zero-order valence-electron chi connectivity index (χ0n) is 15.1. The molecule has 0 atom stereocenters. The van der Waals surface area contributed by atoms with Gasteiger partial charge in [-0.3, -0.25) is 14.5 Å². The quantitative estimate of drug-likeness (QED) is 0.767. The van der Waals surface area contributed by atoms with E-state index in [-0.39, 0.29) is 11.9 Å². The van der Waals surface area contributed by atoms with Crippen molar-refractivity contribution in [2.75, 3.05) is 33.3 Å². The van der Waals surface area contributed by atoms with Gasteiger partial charge in [-0.1, -0.05) is 24.3 Å². The smallest absolute Gasteiger partial charge is 0.305 e. The molecule has 1 saturated heterocycles. The summed E-state index contributed by atoms with van der Waals surface area (Å²) in [7, 11) is 1.38. The van der Waals surface area contributed by atoms with Crippen LogP contribution in [0.1, 0.15) is 36.8 Å². The molecule has 1 aromatic carbocycles. The number of hydrogen-bond donors (Lipinski definition) is 0. The Labute approximate surface area is 149 Å². The Balaban J connectivity index is 1.46. The minimum Gasteiger partial charge on any atom is -0.469 e. The molecule has 3 rings (SSSR count). The predicted octanol–water partition coefficient (Wildman–Crippen LogP) is 2.03. The SMILES string of the molecule is COC(=O)CCCC(=O)N1CCCN(C2Cc3ccccc3C2)CC1. The van der Waals surface area contributed by atoms with Crippen LogP contribution in [0.2, 0.25) is 0 Å². The van der Waals surface area contributed by atoms with E-state index in [4.69, 9.17) is 0 Å². The third-order valence-corrected chi connectivity index (χ3v) is 5.43. The van der Waals surface area contributed by atoms with Gasteiger partial charge in [0.1, 0.15) is 0 Å². The number of nitrogens with zero attached hydrogens (tertiary/aromatic N) is 2. The minimum absolute atomic E-state index is 0.167. The molecule has 25 heavy (non-hydrogen) atoms. The minimum atomic E-state index is -0.240. The highest BCUT2D eigenvalue weighted by molar-refractivity contribution is 5.77. The van der Waals surface area contributed by atoms with Gasteiger partial charge in [0.05, 0.1) is 7.11 Å². The molecule has 1 fully saturated rings.